The smallest absolute Gasteiger partial charge is 1.00 e. The SMILES string of the molecule is C.C.C.C.C.C.C.C.C.C.C.C.C.C.C.C1CO1.C=C.C=O.CCCO.F.NC(=O)[C@@H]1CCCN1.NC(=O)[C@@H]1CCCN1.NC(=O)[C@@H]1CCCN1.NC(=O)[C@@H]1CCCN1.NC(=O)[C@@H]1CCCN1.NC(=O)[C@@H]1CCCN1.NC(=O)[C@@H]1CCCN1.NC(=O)[C@@H]1CCCN1.O=C1CCC1.O=C1CCC1(Cl)Cl.O=C1CCCO1.OCCF.[H-].[K+]. The number of nitrogens with one attached hydrogen (secondary N) is 8. The van der Waals surface area contributed by atoms with Crippen LogP contribution in [0.2, 0.25) is 0 Å². The molecule has 0 aromatic heterocycles. The normalized spacial score (nSPS) is 20.8. The van der Waals surface area contributed by atoms with E-state index in [0.29, 0.717) is 38.3 Å². The van der Waals surface area contributed by atoms with Crippen molar-refractivity contribution in [1.82, 2.24) is 42.5 Å². The summed E-state index contributed by atoms with van der Waals surface area (Å²) in [5.41, 5.74) is 40.0. The van der Waals surface area contributed by atoms with Crippen LogP contribution in [-0.2, 0) is 67.0 Å². The van der Waals surface area contributed by atoms with E-state index in [0.717, 1.165) is 200 Å². The molecule has 2 saturated carbocycles. The topological polar surface area (TPSA) is 571 Å². The van der Waals surface area contributed by atoms with Crippen LogP contribution in [-0.4, -0.2) is 227 Å². The van der Waals surface area contributed by atoms with E-state index in [9.17, 15) is 57.1 Å². The number of cyclic esters (lactones) is 1. The number of alkyl halides is 3. The molecule has 12 rings (SSSR count). The first kappa shape index (κ1) is 165. The number of ketones is 2. The average Bonchev–Trinajstić information content (AvgIpc) is 1.81. The molecular weight excluding hydrogens is 1550 g/mol. The molecule has 114 heavy (non-hydrogen) atoms. The van der Waals surface area contributed by atoms with Gasteiger partial charge in [-0.1, -0.05) is 142 Å². The van der Waals surface area contributed by atoms with Gasteiger partial charge in [-0.25, -0.2) is 4.39 Å². The molecule has 10 heterocycles. The van der Waals surface area contributed by atoms with Gasteiger partial charge in [0.1, 0.15) is 19.2 Å². The van der Waals surface area contributed by atoms with Crippen molar-refractivity contribution in [2.75, 3.05) is 92.1 Å². The monoisotopic (exact) mass is 1730 g/mol. The maximum absolute atomic E-state index is 10.5. The largest absolute Gasteiger partial charge is 1.00 e. The molecule has 32 nitrogen and oxygen atoms in total. The zero-order valence-electron chi connectivity index (χ0n) is 59.4. The Morgan fingerprint density at radius 2 is 0.570 bits per heavy atom. The number of epoxide rings is 1. The number of amides is 8. The summed E-state index contributed by atoms with van der Waals surface area (Å²) in [5.74, 6) is -1.42. The number of carbonyl (C=O) groups is 12. The van der Waals surface area contributed by atoms with Crippen LogP contribution in [0.5, 0.6) is 0 Å². The molecule has 8 amide bonds. The second-order valence-electron chi connectivity index (χ2n) is 22.5. The number of nitrogens with two attached hydrogens (primary N) is 8. The molecular formula is C77H181Cl2F2KN16O16. The number of rotatable bonds is 10. The van der Waals surface area contributed by atoms with Gasteiger partial charge in [-0.3, -0.25) is 57.4 Å². The molecule has 12 aliphatic rings. The Morgan fingerprint density at radius 3 is 0.596 bits per heavy atom. The minimum absolute atomic E-state index is 0. The molecule has 0 bridgehead atoms. The van der Waals surface area contributed by atoms with Crippen molar-refractivity contribution in [2.24, 2.45) is 45.9 Å². The molecule has 12 fully saturated rings. The Morgan fingerprint density at radius 1 is 0.404 bits per heavy atom. The third-order valence-corrected chi connectivity index (χ3v) is 15.3. The quantitative estimate of drug-likeness (QED) is 0.0480. The zero-order chi connectivity index (χ0) is 74.4. The van der Waals surface area contributed by atoms with Gasteiger partial charge >= 0.3 is 57.4 Å². The Labute approximate surface area is 747 Å². The van der Waals surface area contributed by atoms with Gasteiger partial charge in [-0.05, 0) is 181 Å². The molecule has 0 aromatic carbocycles. The molecule has 0 aromatic rings. The van der Waals surface area contributed by atoms with E-state index < -0.39 is 11.0 Å². The summed E-state index contributed by atoms with van der Waals surface area (Å²) in [6.45, 7) is 19.4. The van der Waals surface area contributed by atoms with Crippen LogP contribution in [0.25, 0.3) is 0 Å². The summed E-state index contributed by atoms with van der Waals surface area (Å²) < 4.78 is 18.5. The summed E-state index contributed by atoms with van der Waals surface area (Å²) in [5, 5.41) is 39.2. The molecule has 694 valence electrons. The van der Waals surface area contributed by atoms with Crippen molar-refractivity contribution in [3.8, 4) is 0 Å². The van der Waals surface area contributed by atoms with Gasteiger partial charge < -0.3 is 114 Å². The number of ether oxygens (including phenoxy) is 2. The fourth-order valence-electron chi connectivity index (χ4n) is 8.63. The molecule has 26 N–H and O–H groups in total. The molecule has 0 spiro atoms. The van der Waals surface area contributed by atoms with E-state index >= 15 is 0 Å². The summed E-state index contributed by atoms with van der Waals surface area (Å²) in [7, 11) is 0. The molecule has 37 heteroatoms. The Bertz CT molecular complexity index is 1840. The molecule has 10 saturated heterocycles. The summed E-state index contributed by atoms with van der Waals surface area (Å²) in [6.07, 6.45) is 22.3. The van der Waals surface area contributed by atoms with Crippen molar-refractivity contribution < 1.29 is 139 Å². The third kappa shape index (κ3) is 98.2. The number of Topliss-reactive ketones (excluding diaryl/α,β-unsaturated/α-hetero) is 2. The molecule has 10 aliphatic heterocycles. The van der Waals surface area contributed by atoms with E-state index in [1.807, 2.05) is 13.7 Å². The first-order valence-electron chi connectivity index (χ1n) is 33.1. The Balaban J connectivity index is -0.0000000401. The van der Waals surface area contributed by atoms with Crippen LogP contribution in [0.4, 0.5) is 9.09 Å². The third-order valence-electron chi connectivity index (χ3n) is 14.5. The standard InChI is InChI=1S/8C5H10N2O.C4H4Cl2O.C4H6O2.C4H6O.C3H8O.C2H5FO.C2H4O.C2H4.CH2O.15CH4.FH.K.H/c8*6-5(8)4-2-1-3-7-4;5-4(6)2-1-3(4)7;5-4-2-1-3-6-4;5-4-2-1-3-4;1-2-3-4;3-1-2-4;1-2-3-1;2*1-2;;;;;;;;;;;;;;;;;;/h8*4,7H,1-3H2,(H2,6,8);1-2H2;1-3H2;1-3H2;4H,2-3H2,1H3;4H,1-2H2;1-2H2;1-2H2;1H2;15*1H4;1H;;/q;;;;;;;;;;;;;;;;;;;;;;;;;;;;;;;;+1;-1/t8*4-;;;;;;;;;;;;;;;;;;;;;;;;;;/m00000000........................../s1. The average molecular weight is 1740 g/mol. The maximum Gasteiger partial charge on any atom is 1.00 e. The van der Waals surface area contributed by atoms with Crippen LogP contribution < -0.4 is 140 Å². The number of aliphatic hydroxyl groups excluding tert-OH is 2. The first-order valence-corrected chi connectivity index (χ1v) is 33.9. The number of halogens is 4. The molecule has 0 unspecified atom stereocenters. The minimum Gasteiger partial charge on any atom is -1.00 e. The van der Waals surface area contributed by atoms with Crippen molar-refractivity contribution in [3.05, 3.63) is 13.2 Å². The van der Waals surface area contributed by atoms with E-state index in [2.05, 4.69) is 65.2 Å². The number of aliphatic hydroxyl groups is 2. The van der Waals surface area contributed by atoms with E-state index in [1.54, 1.807) is 0 Å². The maximum atomic E-state index is 10.5. The van der Waals surface area contributed by atoms with Crippen LogP contribution in [0.15, 0.2) is 13.2 Å². The summed E-state index contributed by atoms with van der Waals surface area (Å²) in [4.78, 5) is 121. The predicted octanol–water partition coefficient (Wildman–Crippen LogP) is 4.16. The second kappa shape index (κ2) is 111. The minimum atomic E-state index is -1.01. The fourth-order valence-corrected chi connectivity index (χ4v) is 9.01. The van der Waals surface area contributed by atoms with Gasteiger partial charge in [-0.15, -0.1) is 13.2 Å². The number of carbonyl (C=O) groups excluding carboxylic acids is 12. The molecule has 0 radical (unpaired) electrons. The van der Waals surface area contributed by atoms with Gasteiger partial charge in [0, 0.05) is 32.3 Å². The summed E-state index contributed by atoms with van der Waals surface area (Å²) >= 11 is 10.7. The van der Waals surface area contributed by atoms with Crippen LogP contribution in [0, 0.1) is 0 Å². The van der Waals surface area contributed by atoms with Crippen molar-refractivity contribution in [2.45, 2.75) is 325 Å². The van der Waals surface area contributed by atoms with Gasteiger partial charge in [0.15, 0.2) is 10.1 Å². The molecule has 8 atom stereocenters. The van der Waals surface area contributed by atoms with Gasteiger partial charge in [0.05, 0.1) is 74.8 Å². The van der Waals surface area contributed by atoms with Crippen LogP contribution in [0.3, 0.4) is 0 Å². The second-order valence-corrected chi connectivity index (χ2v) is 24.0. The number of primary amides is 8. The van der Waals surface area contributed by atoms with Crippen LogP contribution >= 0.6 is 23.2 Å². The number of esters is 1. The molecule has 2 aliphatic carbocycles. The first-order chi connectivity index (χ1) is 46.2. The Hall–Kier alpha value is -4.38. The van der Waals surface area contributed by atoms with Crippen molar-refractivity contribution in [1.29, 1.82) is 0 Å². The fraction of sp³-hybridized carbons (Fsp3) is 0.818. The van der Waals surface area contributed by atoms with E-state index in [-0.39, 0.29) is 283 Å². The number of hydrogen-bond donors (Lipinski definition) is 18. The Kier molecular flexibility index (Phi) is 160. The van der Waals surface area contributed by atoms with E-state index in [4.69, 9.17) is 84.1 Å². The van der Waals surface area contributed by atoms with E-state index in [1.165, 1.54) is 0 Å². The number of hydrogen-bond acceptors (Lipinski definition) is 24. The van der Waals surface area contributed by atoms with Crippen molar-refractivity contribution >= 4 is 94.8 Å². The van der Waals surface area contributed by atoms with Crippen LogP contribution in [0.1, 0.15) is 274 Å². The predicted molar refractivity (Wildman–Crippen MR) is 474 cm³/mol. The van der Waals surface area contributed by atoms with Gasteiger partial charge in [0.2, 0.25) is 47.3 Å². The van der Waals surface area contributed by atoms with Crippen molar-refractivity contribution in [3.63, 3.8) is 0 Å². The zero-order valence-corrected chi connectivity index (χ0v) is 63.0. The van der Waals surface area contributed by atoms with Gasteiger partial charge in [0.25, 0.3) is 0 Å². The van der Waals surface area contributed by atoms with Gasteiger partial charge in [-0.2, -0.15) is 0 Å². The summed E-state index contributed by atoms with van der Waals surface area (Å²) in [6, 6.07) is -0.370.